The van der Waals surface area contributed by atoms with E-state index in [4.69, 9.17) is 4.74 Å². The van der Waals surface area contributed by atoms with Crippen molar-refractivity contribution in [1.82, 2.24) is 9.62 Å². The first kappa shape index (κ1) is 19.9. The van der Waals surface area contributed by atoms with Crippen LogP contribution in [0, 0.1) is 0 Å². The summed E-state index contributed by atoms with van der Waals surface area (Å²) in [6.45, 7) is 7.32. The molecule has 1 aliphatic heterocycles. The summed E-state index contributed by atoms with van der Waals surface area (Å²) in [6.07, 6.45) is -0.602. The van der Waals surface area contributed by atoms with Gasteiger partial charge in [0.15, 0.2) is 0 Å². The van der Waals surface area contributed by atoms with Crippen LogP contribution < -0.4 is 10.6 Å². The molecule has 1 aromatic carbocycles. The number of carbonyl (C=O) groups excluding carboxylic acids is 2. The van der Waals surface area contributed by atoms with E-state index < -0.39 is 11.7 Å². The second-order valence-electron chi connectivity index (χ2n) is 6.56. The Bertz CT molecular complexity index is 599. The third-order valence-electron chi connectivity index (χ3n) is 3.11. The molecule has 1 aromatic rings. The summed E-state index contributed by atoms with van der Waals surface area (Å²) in [7, 11) is 0. The Kier molecular flexibility index (Phi) is 7.46. The molecule has 1 heterocycles. The maximum Gasteiger partial charge on any atom is 0.408 e. The Morgan fingerprint density at radius 1 is 1.28 bits per heavy atom. The highest BCUT2D eigenvalue weighted by Crippen LogP contribution is 2.27. The molecule has 1 aliphatic rings. The summed E-state index contributed by atoms with van der Waals surface area (Å²) in [5.41, 5.74) is 0.131. The molecule has 1 saturated heterocycles. The van der Waals surface area contributed by atoms with Crippen LogP contribution in [0.25, 0.3) is 0 Å². The minimum absolute atomic E-state index is 0.129. The summed E-state index contributed by atoms with van der Waals surface area (Å²) in [4.78, 5) is 24.6. The van der Waals surface area contributed by atoms with E-state index in [0.717, 1.165) is 29.5 Å². The summed E-state index contributed by atoms with van der Waals surface area (Å²) in [6, 6.07) is 7.72. The minimum Gasteiger partial charge on any atom is -0.444 e. The number of carbonyl (C=O) groups is 2. The Hall–Kier alpha value is -1.38. The lowest BCUT2D eigenvalue weighted by molar-refractivity contribution is -0.115. The van der Waals surface area contributed by atoms with Gasteiger partial charge in [0.2, 0.25) is 5.91 Å². The van der Waals surface area contributed by atoms with Crippen molar-refractivity contribution in [3.63, 3.8) is 0 Å². The highest BCUT2D eigenvalue weighted by atomic mass is 32.2. The zero-order valence-corrected chi connectivity index (χ0v) is 16.5. The minimum atomic E-state index is -0.602. The van der Waals surface area contributed by atoms with Crippen molar-refractivity contribution in [2.45, 2.75) is 31.3 Å². The number of ether oxygens (including phenoxy) is 1. The lowest BCUT2D eigenvalue weighted by Crippen LogP contribution is -2.37. The molecule has 0 atom stereocenters. The Morgan fingerprint density at radius 2 is 2.00 bits per heavy atom. The molecule has 6 nitrogen and oxygen atoms in total. The van der Waals surface area contributed by atoms with Gasteiger partial charge in [-0.1, -0.05) is 6.07 Å². The number of alkyl carbamates (subject to hydrolysis) is 1. The second kappa shape index (κ2) is 9.35. The molecule has 138 valence electrons. The van der Waals surface area contributed by atoms with E-state index in [2.05, 4.69) is 14.9 Å². The van der Waals surface area contributed by atoms with Crippen molar-refractivity contribution in [1.29, 1.82) is 0 Å². The van der Waals surface area contributed by atoms with Crippen molar-refractivity contribution >= 4 is 41.4 Å². The number of thioether (sulfide) groups is 1. The SMILES string of the molecule is CC(C)(C)OC(=O)NCC(=O)Nc1cccc(SN2CCSCC2)c1. The van der Waals surface area contributed by atoms with Crippen LogP contribution >= 0.6 is 23.7 Å². The van der Waals surface area contributed by atoms with Crippen LogP contribution in [0.2, 0.25) is 0 Å². The first-order valence-corrected chi connectivity index (χ1v) is 10.1. The number of nitrogens with one attached hydrogen (secondary N) is 2. The lowest BCUT2D eigenvalue weighted by atomic mass is 10.2. The monoisotopic (exact) mass is 383 g/mol. The predicted molar refractivity (Wildman–Crippen MR) is 104 cm³/mol. The van der Waals surface area contributed by atoms with Crippen LogP contribution in [-0.2, 0) is 9.53 Å². The number of nitrogens with zero attached hydrogens (tertiary/aromatic N) is 1. The Morgan fingerprint density at radius 3 is 2.68 bits per heavy atom. The third kappa shape index (κ3) is 8.02. The summed E-state index contributed by atoms with van der Waals surface area (Å²) in [5.74, 6) is 2.02. The van der Waals surface area contributed by atoms with Crippen molar-refractivity contribution in [2.75, 3.05) is 36.5 Å². The third-order valence-corrected chi connectivity index (χ3v) is 5.15. The van der Waals surface area contributed by atoms with Crippen molar-refractivity contribution in [3.05, 3.63) is 24.3 Å². The molecule has 25 heavy (non-hydrogen) atoms. The molecule has 8 heteroatoms. The van der Waals surface area contributed by atoms with Gasteiger partial charge in [0.25, 0.3) is 0 Å². The van der Waals surface area contributed by atoms with Gasteiger partial charge in [-0.05, 0) is 50.9 Å². The molecule has 2 amide bonds. The van der Waals surface area contributed by atoms with Gasteiger partial charge in [-0.15, -0.1) is 0 Å². The van der Waals surface area contributed by atoms with E-state index in [-0.39, 0.29) is 12.5 Å². The van der Waals surface area contributed by atoms with Crippen LogP contribution in [0.3, 0.4) is 0 Å². The molecule has 1 fully saturated rings. The van der Waals surface area contributed by atoms with E-state index in [0.29, 0.717) is 5.69 Å². The Balaban J connectivity index is 1.80. The van der Waals surface area contributed by atoms with E-state index in [1.807, 2.05) is 36.0 Å². The largest absolute Gasteiger partial charge is 0.444 e. The number of amides is 2. The number of anilines is 1. The molecule has 0 radical (unpaired) electrons. The van der Waals surface area contributed by atoms with Crippen molar-refractivity contribution in [2.24, 2.45) is 0 Å². The first-order valence-electron chi connectivity index (χ1n) is 8.19. The Labute approximate surface area is 157 Å². The van der Waals surface area contributed by atoms with E-state index in [1.165, 1.54) is 0 Å². The quantitative estimate of drug-likeness (QED) is 0.761. The lowest BCUT2D eigenvalue weighted by Gasteiger charge is -2.24. The molecule has 0 unspecified atom stereocenters. The van der Waals surface area contributed by atoms with E-state index in [1.54, 1.807) is 32.7 Å². The smallest absolute Gasteiger partial charge is 0.408 e. The van der Waals surface area contributed by atoms with Gasteiger partial charge < -0.3 is 15.4 Å². The molecule has 2 rings (SSSR count). The van der Waals surface area contributed by atoms with Crippen LogP contribution in [0.4, 0.5) is 10.5 Å². The zero-order valence-electron chi connectivity index (χ0n) is 14.8. The molecule has 0 bridgehead atoms. The van der Waals surface area contributed by atoms with Crippen molar-refractivity contribution in [3.8, 4) is 0 Å². The number of hydrogen-bond acceptors (Lipinski definition) is 6. The predicted octanol–water partition coefficient (Wildman–Crippen LogP) is 3.21. The van der Waals surface area contributed by atoms with E-state index in [9.17, 15) is 9.59 Å². The van der Waals surface area contributed by atoms with Gasteiger partial charge in [0, 0.05) is 35.2 Å². The highest BCUT2D eigenvalue weighted by molar-refractivity contribution is 8.00. The number of rotatable bonds is 5. The molecule has 2 N–H and O–H groups in total. The van der Waals surface area contributed by atoms with Gasteiger partial charge in [-0.3, -0.25) is 4.79 Å². The van der Waals surface area contributed by atoms with E-state index >= 15 is 0 Å². The van der Waals surface area contributed by atoms with Crippen LogP contribution in [-0.4, -0.2) is 53.0 Å². The number of benzene rings is 1. The summed E-state index contributed by atoms with van der Waals surface area (Å²) >= 11 is 3.68. The average Bonchev–Trinajstić information content (AvgIpc) is 2.53. The maximum atomic E-state index is 12.0. The standard InChI is InChI=1S/C17H25N3O3S2/c1-17(2,3)23-16(22)18-12-15(21)19-13-5-4-6-14(11-13)25-20-7-9-24-10-8-20/h4-6,11H,7-10,12H2,1-3H3,(H,18,22)(H,19,21). The molecule has 0 aromatic heterocycles. The molecule has 0 saturated carbocycles. The topological polar surface area (TPSA) is 70.7 Å². The van der Waals surface area contributed by atoms with Crippen LogP contribution in [0.1, 0.15) is 20.8 Å². The van der Waals surface area contributed by atoms with Crippen LogP contribution in [0.15, 0.2) is 29.2 Å². The summed E-state index contributed by atoms with van der Waals surface area (Å²) < 4.78 is 7.44. The van der Waals surface area contributed by atoms with Gasteiger partial charge in [0.05, 0.1) is 0 Å². The van der Waals surface area contributed by atoms with Gasteiger partial charge in [0.1, 0.15) is 12.1 Å². The fraction of sp³-hybridized carbons (Fsp3) is 0.529. The zero-order chi connectivity index (χ0) is 18.3. The average molecular weight is 384 g/mol. The second-order valence-corrected chi connectivity index (χ2v) is 8.96. The van der Waals surface area contributed by atoms with Gasteiger partial charge in [-0.25, -0.2) is 9.10 Å². The van der Waals surface area contributed by atoms with Gasteiger partial charge >= 0.3 is 6.09 Å². The van der Waals surface area contributed by atoms with Crippen LogP contribution in [0.5, 0.6) is 0 Å². The van der Waals surface area contributed by atoms with Gasteiger partial charge in [-0.2, -0.15) is 11.8 Å². The fourth-order valence-electron chi connectivity index (χ4n) is 2.09. The number of hydrogen-bond donors (Lipinski definition) is 2. The molecule has 0 spiro atoms. The molecular formula is C17H25N3O3S2. The first-order chi connectivity index (χ1) is 11.8. The summed E-state index contributed by atoms with van der Waals surface area (Å²) in [5, 5.41) is 5.24. The molecule has 0 aliphatic carbocycles. The fourth-order valence-corrected chi connectivity index (χ4v) is 4.21. The maximum absolute atomic E-state index is 12.0. The molecular weight excluding hydrogens is 358 g/mol. The van der Waals surface area contributed by atoms with Crippen molar-refractivity contribution < 1.29 is 14.3 Å². The highest BCUT2D eigenvalue weighted by Gasteiger charge is 2.17. The normalized spacial score (nSPS) is 15.5.